The normalized spacial score (nSPS) is 20.3. The van der Waals surface area contributed by atoms with E-state index >= 15 is 0 Å². The van der Waals surface area contributed by atoms with Crippen LogP contribution in [0, 0.1) is 0 Å². The fraction of sp³-hybridized carbons (Fsp3) is 0.760. The number of aliphatic hydroxyl groups is 3. The molecule has 364 valence electrons. The van der Waals surface area contributed by atoms with Gasteiger partial charge >= 0.3 is 11.9 Å². The van der Waals surface area contributed by atoms with Gasteiger partial charge in [-0.3, -0.25) is 14.1 Å². The second kappa shape index (κ2) is 39.7. The van der Waals surface area contributed by atoms with Gasteiger partial charge in [-0.1, -0.05) is 158 Å². The Balaban J connectivity index is 2.47. The van der Waals surface area contributed by atoms with Crippen LogP contribution in [0.25, 0.3) is 0 Å². The molecule has 1 fully saturated rings. The molecule has 0 bridgehead atoms. The van der Waals surface area contributed by atoms with Gasteiger partial charge in [-0.25, -0.2) is 0 Å². The minimum atomic E-state index is -4.61. The third kappa shape index (κ3) is 34.4. The van der Waals surface area contributed by atoms with Gasteiger partial charge in [0.15, 0.2) is 12.4 Å². The number of unbranched alkanes of at least 4 members (excludes halogenated alkanes) is 18. The van der Waals surface area contributed by atoms with Crippen molar-refractivity contribution < 1.29 is 56.8 Å². The summed E-state index contributed by atoms with van der Waals surface area (Å²) in [6.07, 6.45) is 39.8. The predicted molar refractivity (Wildman–Crippen MR) is 252 cm³/mol. The van der Waals surface area contributed by atoms with Crippen LogP contribution in [0.3, 0.4) is 0 Å². The molecular weight excluding hydrogens is 825 g/mol. The number of rotatable bonds is 40. The standard InChI is InChI=1S/C50H86O12S/c1-3-5-7-9-11-13-15-17-19-20-21-22-23-24-25-27-29-31-33-35-37-39-46(52)61-43(41-60-50-49(55)48(54)47(53)44(62-50)42-63(56,57)58)40-59-45(51)38-36-34-32-30-28-26-18-16-14-12-10-8-6-4-2/h16,18-20,22-23,25,27,31,33,43-44,47-50,53-55H,3-15,17,21,24,26,28-30,32,34-42H2,1-2H3,(H,56,57,58)/b18-16+,20-19+,23-22+,27-25+,33-31+/t43-,44-,47-,48?,49?,50+/m1/s1. The van der Waals surface area contributed by atoms with Gasteiger partial charge in [0.2, 0.25) is 0 Å². The molecule has 0 amide bonds. The number of carbonyl (C=O) groups is 2. The van der Waals surface area contributed by atoms with Gasteiger partial charge in [0, 0.05) is 12.8 Å². The van der Waals surface area contributed by atoms with Gasteiger partial charge in [0.1, 0.15) is 36.8 Å². The second-order valence-corrected chi connectivity index (χ2v) is 18.3. The van der Waals surface area contributed by atoms with E-state index in [-0.39, 0.29) is 19.4 Å². The Bertz CT molecular complexity index is 1390. The summed E-state index contributed by atoms with van der Waals surface area (Å²) in [5, 5.41) is 30.9. The van der Waals surface area contributed by atoms with Crippen molar-refractivity contribution in [2.24, 2.45) is 0 Å². The van der Waals surface area contributed by atoms with Gasteiger partial charge in [-0.05, 0) is 77.0 Å². The molecule has 0 saturated carbocycles. The molecule has 1 aliphatic rings. The van der Waals surface area contributed by atoms with Crippen molar-refractivity contribution in [1.82, 2.24) is 0 Å². The molecule has 0 aromatic heterocycles. The lowest BCUT2D eigenvalue weighted by Crippen LogP contribution is -2.60. The number of carbonyl (C=O) groups excluding carboxylic acids is 2. The van der Waals surface area contributed by atoms with Gasteiger partial charge < -0.3 is 34.3 Å². The predicted octanol–water partition coefficient (Wildman–Crippen LogP) is 10.5. The Kier molecular flexibility index (Phi) is 36.8. The Morgan fingerprint density at radius 2 is 0.968 bits per heavy atom. The summed E-state index contributed by atoms with van der Waals surface area (Å²) < 4.78 is 54.1. The smallest absolute Gasteiger partial charge is 0.306 e. The lowest BCUT2D eigenvalue weighted by molar-refractivity contribution is -0.297. The Morgan fingerprint density at radius 1 is 0.540 bits per heavy atom. The third-order valence-electron chi connectivity index (χ3n) is 10.8. The quantitative estimate of drug-likeness (QED) is 0.0198. The molecule has 13 heteroatoms. The molecule has 12 nitrogen and oxygen atoms in total. The molecule has 0 aliphatic carbocycles. The maximum atomic E-state index is 12.8. The van der Waals surface area contributed by atoms with Crippen LogP contribution in [0.1, 0.15) is 187 Å². The number of hydrogen-bond acceptors (Lipinski definition) is 11. The van der Waals surface area contributed by atoms with E-state index in [0.29, 0.717) is 19.3 Å². The molecule has 1 aliphatic heterocycles. The van der Waals surface area contributed by atoms with Crippen LogP contribution in [0.2, 0.25) is 0 Å². The summed E-state index contributed by atoms with van der Waals surface area (Å²) in [5.41, 5.74) is 0. The molecule has 4 N–H and O–H groups in total. The van der Waals surface area contributed by atoms with E-state index < -0.39 is 71.2 Å². The van der Waals surface area contributed by atoms with Crippen LogP contribution in [-0.4, -0.2) is 96.0 Å². The average Bonchev–Trinajstić information content (AvgIpc) is 3.25. The summed E-state index contributed by atoms with van der Waals surface area (Å²) in [5.74, 6) is -2.07. The highest BCUT2D eigenvalue weighted by Crippen LogP contribution is 2.24. The summed E-state index contributed by atoms with van der Waals surface area (Å²) in [4.78, 5) is 25.4. The summed E-state index contributed by atoms with van der Waals surface area (Å²) in [6, 6.07) is 0. The van der Waals surface area contributed by atoms with Crippen molar-refractivity contribution in [2.45, 2.75) is 224 Å². The molecule has 0 aromatic rings. The van der Waals surface area contributed by atoms with Gasteiger partial charge in [0.25, 0.3) is 10.1 Å². The van der Waals surface area contributed by atoms with Crippen molar-refractivity contribution in [3.8, 4) is 0 Å². The van der Waals surface area contributed by atoms with E-state index in [9.17, 15) is 37.9 Å². The molecule has 0 aromatic carbocycles. The van der Waals surface area contributed by atoms with Crippen LogP contribution in [0.5, 0.6) is 0 Å². The lowest BCUT2D eigenvalue weighted by atomic mass is 10.00. The van der Waals surface area contributed by atoms with Gasteiger partial charge in [0.05, 0.1) is 6.61 Å². The Labute approximate surface area is 381 Å². The topological polar surface area (TPSA) is 186 Å². The molecule has 0 radical (unpaired) electrons. The molecule has 1 saturated heterocycles. The molecule has 1 rings (SSSR count). The largest absolute Gasteiger partial charge is 0.462 e. The first kappa shape index (κ1) is 58.4. The van der Waals surface area contributed by atoms with E-state index in [2.05, 4.69) is 62.5 Å². The zero-order chi connectivity index (χ0) is 46.2. The molecule has 6 atom stereocenters. The zero-order valence-corrected chi connectivity index (χ0v) is 39.7. The molecule has 0 spiro atoms. The number of aliphatic hydroxyl groups excluding tert-OH is 3. The van der Waals surface area contributed by atoms with Crippen LogP contribution in [0.4, 0.5) is 0 Å². The average molecular weight is 911 g/mol. The van der Waals surface area contributed by atoms with Crippen molar-refractivity contribution >= 4 is 22.1 Å². The molecular formula is C50H86O12S. The van der Waals surface area contributed by atoms with E-state index in [1.165, 1.54) is 77.0 Å². The first-order valence-electron chi connectivity index (χ1n) is 24.3. The molecule has 1 heterocycles. The summed E-state index contributed by atoms with van der Waals surface area (Å²) >= 11 is 0. The Hall–Kier alpha value is -2.65. The number of hydrogen-bond donors (Lipinski definition) is 4. The maximum absolute atomic E-state index is 12.8. The maximum Gasteiger partial charge on any atom is 0.306 e. The Morgan fingerprint density at radius 3 is 1.48 bits per heavy atom. The third-order valence-corrected chi connectivity index (χ3v) is 11.6. The van der Waals surface area contributed by atoms with E-state index in [4.69, 9.17) is 18.9 Å². The van der Waals surface area contributed by atoms with Crippen LogP contribution >= 0.6 is 0 Å². The minimum absolute atomic E-state index is 0.0850. The highest BCUT2D eigenvalue weighted by Gasteiger charge is 2.46. The van der Waals surface area contributed by atoms with Gasteiger partial charge in [-0.2, -0.15) is 8.42 Å². The fourth-order valence-corrected chi connectivity index (χ4v) is 7.71. The first-order chi connectivity index (χ1) is 30.5. The second-order valence-electron chi connectivity index (χ2n) is 16.8. The van der Waals surface area contributed by atoms with Crippen LogP contribution in [0.15, 0.2) is 60.8 Å². The van der Waals surface area contributed by atoms with Crippen molar-refractivity contribution in [3.05, 3.63) is 60.8 Å². The monoisotopic (exact) mass is 911 g/mol. The lowest BCUT2D eigenvalue weighted by Gasteiger charge is -2.40. The van der Waals surface area contributed by atoms with Crippen LogP contribution < -0.4 is 0 Å². The van der Waals surface area contributed by atoms with E-state index in [1.807, 2.05) is 12.2 Å². The summed E-state index contributed by atoms with van der Waals surface area (Å²) in [6.45, 7) is 3.70. The van der Waals surface area contributed by atoms with E-state index in [0.717, 1.165) is 64.2 Å². The molecule has 2 unspecified atom stereocenters. The zero-order valence-electron chi connectivity index (χ0n) is 38.9. The number of ether oxygens (including phenoxy) is 4. The van der Waals surface area contributed by atoms with Crippen molar-refractivity contribution in [3.63, 3.8) is 0 Å². The molecule has 63 heavy (non-hydrogen) atoms. The van der Waals surface area contributed by atoms with Crippen molar-refractivity contribution in [2.75, 3.05) is 19.0 Å². The number of esters is 2. The van der Waals surface area contributed by atoms with Gasteiger partial charge in [-0.15, -0.1) is 0 Å². The van der Waals surface area contributed by atoms with Crippen molar-refractivity contribution in [1.29, 1.82) is 0 Å². The SMILES string of the molecule is CCCCCCC/C=C/CCCCCCCC(=O)OC[C@H](CO[C@H]1O[C@H](CS(=O)(=O)O)[C@@H](O)C(O)C1O)OC(=O)CCC/C=C/C/C=C/C/C=C/C/C=C/CCCCCCCCC. The highest BCUT2D eigenvalue weighted by atomic mass is 32.2. The summed E-state index contributed by atoms with van der Waals surface area (Å²) in [7, 11) is -4.61. The van der Waals surface area contributed by atoms with Crippen LogP contribution in [-0.2, 0) is 38.7 Å². The minimum Gasteiger partial charge on any atom is -0.462 e. The highest BCUT2D eigenvalue weighted by molar-refractivity contribution is 7.85. The first-order valence-corrected chi connectivity index (χ1v) is 26.0. The fourth-order valence-electron chi connectivity index (χ4n) is 7.02. The number of allylic oxidation sites excluding steroid dienone is 10. The van der Waals surface area contributed by atoms with E-state index in [1.54, 1.807) is 0 Å².